The van der Waals surface area contributed by atoms with Gasteiger partial charge in [-0.1, -0.05) is 30.3 Å². The molecular formula is C31H34F2LiN5O6. The van der Waals surface area contributed by atoms with Crippen LogP contribution in [0.3, 0.4) is 0 Å². The molecule has 2 amide bonds. The van der Waals surface area contributed by atoms with Gasteiger partial charge < -0.3 is 24.7 Å². The number of carbonyl (C=O) groups is 3. The molecular weight excluding hydrogens is 583 g/mol. The second-order valence-corrected chi connectivity index (χ2v) is 12.2. The Kier molecular flexibility index (Phi) is 10.2. The number of nitrogens with zero attached hydrogens (tertiary/aromatic N) is 4. The molecule has 3 heterocycles. The zero-order chi connectivity index (χ0) is 31.6. The summed E-state index contributed by atoms with van der Waals surface area (Å²) < 4.78 is 40.3. The SMILES string of the molecule is CC(C)(C)OC(=O)N1CC(C(=O)[O-])=C(c2cnn3cc(C(NC(=O)OCc4ccccc4)C4CCC(F)(F)CC4)nc3c2)C1.[Li+]. The Labute approximate surface area is 271 Å². The van der Waals surface area contributed by atoms with Crippen molar-refractivity contribution in [2.24, 2.45) is 5.92 Å². The molecule has 1 aliphatic carbocycles. The second kappa shape index (κ2) is 13.6. The van der Waals surface area contributed by atoms with Crippen molar-refractivity contribution in [3.05, 3.63) is 71.2 Å². The molecule has 14 heteroatoms. The number of ether oxygens (including phenoxy) is 2. The van der Waals surface area contributed by atoms with Gasteiger partial charge in [0.25, 0.3) is 0 Å². The number of alkyl carbamates (subject to hydrolysis) is 1. The summed E-state index contributed by atoms with van der Waals surface area (Å²) in [5.41, 5.74) is 1.46. The molecule has 1 atom stereocenters. The molecule has 0 bridgehead atoms. The Morgan fingerprint density at radius 2 is 1.82 bits per heavy atom. The summed E-state index contributed by atoms with van der Waals surface area (Å²) >= 11 is 0. The van der Waals surface area contributed by atoms with E-state index < -0.39 is 35.7 Å². The van der Waals surface area contributed by atoms with Crippen LogP contribution in [0.1, 0.15) is 69.3 Å². The minimum atomic E-state index is -2.76. The van der Waals surface area contributed by atoms with E-state index in [2.05, 4.69) is 15.4 Å². The Hall–Kier alpha value is -3.95. The van der Waals surface area contributed by atoms with E-state index in [1.807, 2.05) is 30.3 Å². The van der Waals surface area contributed by atoms with Crippen molar-refractivity contribution in [2.45, 2.75) is 70.6 Å². The Bertz CT molecular complexity index is 1580. The van der Waals surface area contributed by atoms with E-state index in [0.29, 0.717) is 22.5 Å². The number of carboxylic acid groups (broad SMARTS) is 1. The van der Waals surface area contributed by atoms with Crippen LogP contribution in [0.25, 0.3) is 11.2 Å². The van der Waals surface area contributed by atoms with E-state index in [4.69, 9.17) is 9.47 Å². The van der Waals surface area contributed by atoms with Crippen molar-refractivity contribution in [3.8, 4) is 0 Å². The first-order valence-electron chi connectivity index (χ1n) is 14.4. The normalized spacial score (nSPS) is 17.5. The standard InChI is InChI=1S/C31H35F2N5O6.Li/c1-30(2,3)44-29(42)37-15-22(23(16-37)27(39)40)21-13-25-35-24(17-38(25)34-14-21)26(20-9-11-31(32,33)12-10-20)36-28(41)43-18-19-7-5-4-6-8-19;/h4-8,13-14,17,20,26H,9-12,15-16,18H2,1-3H3,(H,36,41)(H,39,40);/q;+1/p-1. The van der Waals surface area contributed by atoms with Crippen LogP contribution in [0, 0.1) is 5.92 Å². The number of hydrogen-bond acceptors (Lipinski definition) is 8. The number of imidazole rings is 1. The van der Waals surface area contributed by atoms with Crippen LogP contribution >= 0.6 is 0 Å². The molecule has 2 aliphatic rings. The number of rotatable bonds is 7. The van der Waals surface area contributed by atoms with Crippen LogP contribution in [0.15, 0.2) is 54.4 Å². The summed E-state index contributed by atoms with van der Waals surface area (Å²) in [4.78, 5) is 43.4. The number of alkyl halides is 2. The van der Waals surface area contributed by atoms with Crippen LogP contribution in [0.5, 0.6) is 0 Å². The zero-order valence-corrected chi connectivity index (χ0v) is 25.7. The van der Waals surface area contributed by atoms with Crippen LogP contribution in [0.2, 0.25) is 0 Å². The number of amides is 2. The van der Waals surface area contributed by atoms with Crippen molar-refractivity contribution >= 4 is 29.4 Å². The summed E-state index contributed by atoms with van der Waals surface area (Å²) in [5, 5.41) is 19.2. The molecule has 1 aliphatic heterocycles. The second-order valence-electron chi connectivity index (χ2n) is 12.2. The van der Waals surface area contributed by atoms with E-state index in [1.165, 1.54) is 15.6 Å². The Morgan fingerprint density at radius 1 is 1.13 bits per heavy atom. The smallest absolute Gasteiger partial charge is 0.545 e. The monoisotopic (exact) mass is 617 g/mol. The van der Waals surface area contributed by atoms with Gasteiger partial charge in [-0.2, -0.15) is 5.10 Å². The fourth-order valence-corrected chi connectivity index (χ4v) is 5.47. The van der Waals surface area contributed by atoms with E-state index >= 15 is 0 Å². The largest absolute Gasteiger partial charge is 1.00 e. The number of halogens is 2. The summed E-state index contributed by atoms with van der Waals surface area (Å²) in [6, 6.07) is 10.0. The number of nitrogens with one attached hydrogen (secondary N) is 1. The first-order valence-corrected chi connectivity index (χ1v) is 14.4. The molecule has 2 aromatic heterocycles. The Balaban J connectivity index is 0.00000461. The minimum absolute atomic E-state index is 0. The molecule has 1 aromatic carbocycles. The summed E-state index contributed by atoms with van der Waals surface area (Å²) in [5.74, 6) is -4.50. The van der Waals surface area contributed by atoms with Crippen molar-refractivity contribution in [1.82, 2.24) is 24.8 Å². The van der Waals surface area contributed by atoms with Gasteiger partial charge in [-0.15, -0.1) is 0 Å². The third-order valence-corrected chi connectivity index (χ3v) is 7.69. The number of carbonyl (C=O) groups excluding carboxylic acids is 3. The van der Waals surface area contributed by atoms with Crippen LogP contribution < -0.4 is 29.3 Å². The summed E-state index contributed by atoms with van der Waals surface area (Å²) in [6.45, 7) is 4.96. The van der Waals surface area contributed by atoms with Gasteiger partial charge in [-0.05, 0) is 62.3 Å². The average molecular weight is 618 g/mol. The van der Waals surface area contributed by atoms with E-state index in [0.717, 1.165) is 5.56 Å². The average Bonchev–Trinajstić information content (AvgIpc) is 3.60. The van der Waals surface area contributed by atoms with Crippen molar-refractivity contribution in [3.63, 3.8) is 0 Å². The van der Waals surface area contributed by atoms with Crippen molar-refractivity contribution in [1.29, 1.82) is 0 Å². The number of benzene rings is 1. The van der Waals surface area contributed by atoms with Gasteiger partial charge in [0, 0.05) is 18.4 Å². The van der Waals surface area contributed by atoms with Crippen LogP contribution in [-0.2, 0) is 20.9 Å². The number of fused-ring (bicyclic) bond motifs is 1. The molecule has 0 saturated heterocycles. The number of aromatic nitrogens is 3. The summed E-state index contributed by atoms with van der Waals surface area (Å²) in [6.07, 6.45) is 1.42. The zero-order valence-electron chi connectivity index (χ0n) is 25.7. The predicted molar refractivity (Wildman–Crippen MR) is 152 cm³/mol. The number of aliphatic carboxylic acids is 1. The molecule has 1 unspecified atom stereocenters. The minimum Gasteiger partial charge on any atom is -0.545 e. The first-order chi connectivity index (χ1) is 20.8. The van der Waals surface area contributed by atoms with Crippen molar-refractivity contribution < 1.29 is 56.6 Å². The molecule has 0 spiro atoms. The third kappa shape index (κ3) is 8.41. The Morgan fingerprint density at radius 3 is 2.47 bits per heavy atom. The van der Waals surface area contributed by atoms with Gasteiger partial charge in [0.05, 0.1) is 43.2 Å². The fraction of sp³-hybridized carbons (Fsp3) is 0.452. The van der Waals surface area contributed by atoms with Gasteiger partial charge in [0.2, 0.25) is 5.92 Å². The molecule has 234 valence electrons. The maximum absolute atomic E-state index is 14.0. The fourth-order valence-electron chi connectivity index (χ4n) is 5.47. The molecule has 0 radical (unpaired) electrons. The number of carboxylic acids is 1. The molecule has 3 aromatic rings. The molecule has 11 nitrogen and oxygen atoms in total. The van der Waals surface area contributed by atoms with E-state index in [1.54, 1.807) is 33.0 Å². The molecule has 1 N–H and O–H groups in total. The van der Waals surface area contributed by atoms with Gasteiger partial charge in [-0.25, -0.2) is 27.9 Å². The molecule has 45 heavy (non-hydrogen) atoms. The van der Waals surface area contributed by atoms with E-state index in [9.17, 15) is 28.3 Å². The van der Waals surface area contributed by atoms with Gasteiger partial charge in [0.15, 0.2) is 5.65 Å². The maximum atomic E-state index is 14.0. The predicted octanol–water partition coefficient (Wildman–Crippen LogP) is 1.28. The maximum Gasteiger partial charge on any atom is 1.00 e. The van der Waals surface area contributed by atoms with Crippen LogP contribution in [-0.4, -0.2) is 62.3 Å². The van der Waals surface area contributed by atoms with Crippen LogP contribution in [0.4, 0.5) is 18.4 Å². The third-order valence-electron chi connectivity index (χ3n) is 7.69. The van der Waals surface area contributed by atoms with Gasteiger partial charge in [0.1, 0.15) is 12.2 Å². The van der Waals surface area contributed by atoms with E-state index in [-0.39, 0.29) is 75.7 Å². The topological polar surface area (TPSA) is 138 Å². The first kappa shape index (κ1) is 33.9. The quantitative estimate of drug-likeness (QED) is 0.392. The summed E-state index contributed by atoms with van der Waals surface area (Å²) in [7, 11) is 0. The molecule has 5 rings (SSSR count). The molecule has 1 fully saturated rings. The van der Waals surface area contributed by atoms with Gasteiger partial charge in [-0.3, -0.25) is 4.90 Å². The van der Waals surface area contributed by atoms with Crippen molar-refractivity contribution in [2.75, 3.05) is 13.1 Å². The van der Waals surface area contributed by atoms with Gasteiger partial charge >= 0.3 is 31.0 Å². The molecule has 1 saturated carbocycles. The number of hydrogen-bond donors (Lipinski definition) is 1.